The number of aromatic nitrogens is 1. The minimum atomic E-state index is 0. The lowest BCUT2D eigenvalue weighted by Crippen LogP contribution is -2.02. The standard InChI is InChI=1S/C18H16.C4H5N.H2S/c1-3-7-15-13(5-1)9-11-18-16-8-4-2-6-14(16)10-12-17(15)18;1-2-4-5-3-1;/h1,3,5,7,9-12H,2,4,6,8H2;1-5H;1H2. The lowest BCUT2D eigenvalue weighted by molar-refractivity contribution is 0.690. The van der Waals surface area contributed by atoms with Gasteiger partial charge in [0.25, 0.3) is 0 Å². The molecule has 5 rings (SSSR count). The van der Waals surface area contributed by atoms with Gasteiger partial charge in [0.2, 0.25) is 0 Å². The molecule has 0 saturated heterocycles. The smallest absolute Gasteiger partial charge is 0.000496 e. The highest BCUT2D eigenvalue weighted by atomic mass is 32.1. The lowest BCUT2D eigenvalue weighted by Gasteiger charge is -2.18. The Morgan fingerprint density at radius 2 is 1.38 bits per heavy atom. The van der Waals surface area contributed by atoms with Crippen LogP contribution >= 0.6 is 13.5 Å². The van der Waals surface area contributed by atoms with Crippen LogP contribution in [0.5, 0.6) is 0 Å². The Morgan fingerprint density at radius 1 is 0.625 bits per heavy atom. The molecule has 122 valence electrons. The average molecular weight is 334 g/mol. The number of rotatable bonds is 0. The second kappa shape index (κ2) is 7.59. The maximum Gasteiger partial charge on any atom is 0.000496 e. The molecule has 1 heterocycles. The zero-order valence-corrected chi connectivity index (χ0v) is 14.8. The minimum absolute atomic E-state index is 0. The van der Waals surface area contributed by atoms with Crippen LogP contribution in [0.25, 0.3) is 21.5 Å². The highest BCUT2D eigenvalue weighted by Crippen LogP contribution is 2.33. The van der Waals surface area contributed by atoms with E-state index in [0.717, 1.165) is 0 Å². The van der Waals surface area contributed by atoms with Crippen LogP contribution in [0.15, 0.2) is 73.1 Å². The van der Waals surface area contributed by atoms with Gasteiger partial charge in [-0.3, -0.25) is 0 Å². The fourth-order valence-electron chi connectivity index (χ4n) is 3.62. The third-order valence-electron chi connectivity index (χ3n) is 4.75. The third-order valence-corrected chi connectivity index (χ3v) is 4.75. The second-order valence-electron chi connectivity index (χ2n) is 6.18. The number of H-pyrrole nitrogens is 1. The van der Waals surface area contributed by atoms with Crippen molar-refractivity contribution in [3.05, 3.63) is 84.2 Å². The SMILES string of the molecule is S.c1cc[nH]c1.c1ccc2c(c1)ccc1c3c(ccc12)CCCC3. The summed E-state index contributed by atoms with van der Waals surface area (Å²) in [6.45, 7) is 0. The van der Waals surface area contributed by atoms with Crippen LogP contribution in [-0.2, 0) is 12.8 Å². The van der Waals surface area contributed by atoms with Crippen molar-refractivity contribution in [3.8, 4) is 0 Å². The molecule has 0 saturated carbocycles. The molecule has 0 radical (unpaired) electrons. The van der Waals surface area contributed by atoms with Crippen LogP contribution in [-0.4, -0.2) is 4.98 Å². The molecule has 0 atom stereocenters. The van der Waals surface area contributed by atoms with Gasteiger partial charge in [-0.05, 0) is 70.5 Å². The summed E-state index contributed by atoms with van der Waals surface area (Å²) in [4.78, 5) is 2.86. The maximum atomic E-state index is 2.86. The Bertz CT molecular complexity index is 908. The van der Waals surface area contributed by atoms with E-state index in [2.05, 4.69) is 53.5 Å². The van der Waals surface area contributed by atoms with Crippen LogP contribution in [0.2, 0.25) is 0 Å². The predicted molar refractivity (Wildman–Crippen MR) is 109 cm³/mol. The van der Waals surface area contributed by atoms with Crippen LogP contribution in [0.4, 0.5) is 0 Å². The number of benzene rings is 3. The van der Waals surface area contributed by atoms with Crippen molar-refractivity contribution in [1.82, 2.24) is 4.98 Å². The summed E-state index contributed by atoms with van der Waals surface area (Å²) in [5.74, 6) is 0. The first-order chi connectivity index (χ1) is 11.4. The average Bonchev–Trinajstić information content (AvgIpc) is 3.21. The van der Waals surface area contributed by atoms with E-state index in [9.17, 15) is 0 Å². The van der Waals surface area contributed by atoms with Crippen molar-refractivity contribution >= 4 is 35.0 Å². The van der Waals surface area contributed by atoms with Gasteiger partial charge in [0.1, 0.15) is 0 Å². The summed E-state index contributed by atoms with van der Waals surface area (Å²) in [5.41, 5.74) is 3.17. The first kappa shape index (κ1) is 16.7. The van der Waals surface area contributed by atoms with Crippen molar-refractivity contribution < 1.29 is 0 Å². The molecule has 1 aliphatic rings. The van der Waals surface area contributed by atoms with Gasteiger partial charge in [0.15, 0.2) is 0 Å². The molecule has 0 bridgehead atoms. The van der Waals surface area contributed by atoms with E-state index in [1.807, 2.05) is 24.5 Å². The van der Waals surface area contributed by atoms with E-state index in [1.165, 1.54) is 47.2 Å². The summed E-state index contributed by atoms with van der Waals surface area (Å²) >= 11 is 0. The molecule has 24 heavy (non-hydrogen) atoms. The largest absolute Gasteiger partial charge is 0.368 e. The molecular formula is C22H23NS. The van der Waals surface area contributed by atoms with Crippen molar-refractivity contribution in [1.29, 1.82) is 0 Å². The summed E-state index contributed by atoms with van der Waals surface area (Å²) in [6, 6.07) is 21.9. The molecule has 1 aromatic heterocycles. The first-order valence-electron chi connectivity index (χ1n) is 8.43. The molecule has 0 unspecified atom stereocenters. The van der Waals surface area contributed by atoms with E-state index in [4.69, 9.17) is 0 Å². The van der Waals surface area contributed by atoms with E-state index in [1.54, 1.807) is 11.1 Å². The van der Waals surface area contributed by atoms with E-state index >= 15 is 0 Å². The highest BCUT2D eigenvalue weighted by molar-refractivity contribution is 7.59. The van der Waals surface area contributed by atoms with Crippen molar-refractivity contribution in [3.63, 3.8) is 0 Å². The molecule has 0 fully saturated rings. The van der Waals surface area contributed by atoms with Crippen molar-refractivity contribution in [2.75, 3.05) is 0 Å². The lowest BCUT2D eigenvalue weighted by atomic mass is 9.86. The van der Waals surface area contributed by atoms with Gasteiger partial charge in [-0.15, -0.1) is 0 Å². The predicted octanol–water partition coefficient (Wildman–Crippen LogP) is 6.00. The Labute approximate surface area is 150 Å². The zero-order chi connectivity index (χ0) is 15.5. The number of hydrogen-bond acceptors (Lipinski definition) is 0. The summed E-state index contributed by atoms with van der Waals surface area (Å²) in [6.07, 6.45) is 8.97. The Kier molecular flexibility index (Phi) is 5.27. The van der Waals surface area contributed by atoms with Gasteiger partial charge < -0.3 is 4.98 Å². The number of aryl methyl sites for hydroxylation is 2. The van der Waals surface area contributed by atoms with Gasteiger partial charge in [0, 0.05) is 12.4 Å². The Balaban J connectivity index is 0.000000245. The Hall–Kier alpha value is -2.19. The number of aromatic amines is 1. The highest BCUT2D eigenvalue weighted by Gasteiger charge is 2.13. The monoisotopic (exact) mass is 333 g/mol. The van der Waals surface area contributed by atoms with E-state index in [0.29, 0.717) is 0 Å². The van der Waals surface area contributed by atoms with E-state index < -0.39 is 0 Å². The van der Waals surface area contributed by atoms with Gasteiger partial charge >= 0.3 is 0 Å². The van der Waals surface area contributed by atoms with Crippen molar-refractivity contribution in [2.24, 2.45) is 0 Å². The van der Waals surface area contributed by atoms with E-state index in [-0.39, 0.29) is 13.5 Å². The maximum absolute atomic E-state index is 2.86. The summed E-state index contributed by atoms with van der Waals surface area (Å²) < 4.78 is 0. The molecule has 0 amide bonds. The molecule has 3 aromatic carbocycles. The quantitative estimate of drug-likeness (QED) is 0.380. The molecule has 1 aliphatic carbocycles. The molecule has 0 aliphatic heterocycles. The molecule has 2 heteroatoms. The second-order valence-corrected chi connectivity index (χ2v) is 6.18. The number of hydrogen-bond donors (Lipinski definition) is 1. The van der Waals surface area contributed by atoms with Gasteiger partial charge in [-0.2, -0.15) is 13.5 Å². The molecule has 0 spiro atoms. The number of nitrogens with one attached hydrogen (secondary N) is 1. The van der Waals surface area contributed by atoms with Crippen LogP contribution in [0.3, 0.4) is 0 Å². The fourth-order valence-corrected chi connectivity index (χ4v) is 3.62. The van der Waals surface area contributed by atoms with Crippen LogP contribution in [0.1, 0.15) is 24.0 Å². The normalized spacial score (nSPS) is 12.8. The summed E-state index contributed by atoms with van der Waals surface area (Å²) in [5, 5.41) is 5.64. The molecule has 4 aromatic rings. The first-order valence-corrected chi connectivity index (χ1v) is 8.43. The van der Waals surface area contributed by atoms with Crippen LogP contribution < -0.4 is 0 Å². The van der Waals surface area contributed by atoms with Gasteiger partial charge in [-0.1, -0.05) is 48.5 Å². The molecule has 1 nitrogen and oxygen atoms in total. The van der Waals surface area contributed by atoms with Crippen LogP contribution in [0, 0.1) is 0 Å². The third kappa shape index (κ3) is 3.20. The Morgan fingerprint density at radius 3 is 2.17 bits per heavy atom. The molecular weight excluding hydrogens is 310 g/mol. The van der Waals surface area contributed by atoms with Gasteiger partial charge in [0.05, 0.1) is 0 Å². The van der Waals surface area contributed by atoms with Gasteiger partial charge in [-0.25, -0.2) is 0 Å². The minimum Gasteiger partial charge on any atom is -0.368 e. The zero-order valence-electron chi connectivity index (χ0n) is 13.8. The number of fused-ring (bicyclic) bond motifs is 5. The topological polar surface area (TPSA) is 15.8 Å². The fraction of sp³-hybridized carbons (Fsp3) is 0.182. The molecule has 1 N–H and O–H groups in total. The van der Waals surface area contributed by atoms with Crippen molar-refractivity contribution in [2.45, 2.75) is 25.7 Å². The summed E-state index contributed by atoms with van der Waals surface area (Å²) in [7, 11) is 0.